The van der Waals surface area contributed by atoms with Gasteiger partial charge in [-0.2, -0.15) is 13.2 Å². The van der Waals surface area contributed by atoms with Gasteiger partial charge in [0, 0.05) is 50.2 Å². The van der Waals surface area contributed by atoms with E-state index in [-0.39, 0.29) is 30.7 Å². The van der Waals surface area contributed by atoms with Crippen LogP contribution < -0.4 is 10.5 Å². The van der Waals surface area contributed by atoms with E-state index >= 15 is 0 Å². The zero-order valence-electron chi connectivity index (χ0n) is 18.4. The molecule has 2 atom stereocenters. The van der Waals surface area contributed by atoms with Crippen molar-refractivity contribution in [3.63, 3.8) is 0 Å². The Balaban J connectivity index is 1.31. The molecule has 1 saturated heterocycles. The maximum absolute atomic E-state index is 12.9. The lowest BCUT2D eigenvalue weighted by atomic mass is 10.1. The summed E-state index contributed by atoms with van der Waals surface area (Å²) in [5.41, 5.74) is -1.08. The van der Waals surface area contributed by atoms with Gasteiger partial charge in [0.1, 0.15) is 5.56 Å². The number of H-pyrrole nitrogens is 1. The van der Waals surface area contributed by atoms with E-state index in [1.54, 1.807) is 4.90 Å². The van der Waals surface area contributed by atoms with Crippen LogP contribution in [0.3, 0.4) is 0 Å². The third kappa shape index (κ3) is 5.28. The van der Waals surface area contributed by atoms with Gasteiger partial charge in [0.2, 0.25) is 5.95 Å². The summed E-state index contributed by atoms with van der Waals surface area (Å²) in [4.78, 5) is 38.7. The monoisotopic (exact) mass is 465 g/mol. The fourth-order valence-corrected chi connectivity index (χ4v) is 4.19. The van der Waals surface area contributed by atoms with E-state index in [4.69, 9.17) is 4.74 Å². The Morgan fingerprint density at radius 2 is 1.82 bits per heavy atom. The molecular weight excluding hydrogens is 439 g/mol. The molecule has 1 amide bonds. The molecule has 1 aliphatic carbocycles. The van der Waals surface area contributed by atoms with E-state index in [2.05, 4.69) is 19.9 Å². The summed E-state index contributed by atoms with van der Waals surface area (Å²) in [5.74, 6) is 1.21. The van der Waals surface area contributed by atoms with E-state index < -0.39 is 23.4 Å². The number of anilines is 1. The van der Waals surface area contributed by atoms with Gasteiger partial charge < -0.3 is 19.5 Å². The van der Waals surface area contributed by atoms with Gasteiger partial charge in [0.25, 0.3) is 5.56 Å². The largest absolute Gasteiger partial charge is 0.449 e. The molecule has 1 saturated carbocycles. The third-order valence-corrected chi connectivity index (χ3v) is 6.00. The molecule has 1 N–H and O–H groups in total. The number of aromatic amines is 1. The molecule has 0 bridgehead atoms. The van der Waals surface area contributed by atoms with Crippen molar-refractivity contribution in [2.75, 3.05) is 24.6 Å². The molecular formula is C22H26F3N5O3. The molecule has 178 valence electrons. The number of pyridine rings is 1. The smallest absolute Gasteiger partial charge is 0.421 e. The van der Waals surface area contributed by atoms with Crippen LogP contribution in [0, 0.1) is 0 Å². The van der Waals surface area contributed by atoms with Crippen molar-refractivity contribution >= 4 is 12.0 Å². The zero-order valence-corrected chi connectivity index (χ0v) is 18.4. The summed E-state index contributed by atoms with van der Waals surface area (Å²) < 4.78 is 43.9. The quantitative estimate of drug-likeness (QED) is 0.728. The minimum atomic E-state index is -4.74. The van der Waals surface area contributed by atoms with Crippen molar-refractivity contribution in [1.29, 1.82) is 0 Å². The molecule has 8 nitrogen and oxygen atoms in total. The van der Waals surface area contributed by atoms with Crippen LogP contribution in [-0.2, 0) is 17.3 Å². The highest BCUT2D eigenvalue weighted by molar-refractivity contribution is 5.68. The molecule has 1 aliphatic heterocycles. The maximum atomic E-state index is 12.9. The molecule has 2 aliphatic rings. The van der Waals surface area contributed by atoms with Crippen LogP contribution in [0.4, 0.5) is 23.9 Å². The normalized spacial score (nSPS) is 21.2. The topological polar surface area (TPSA) is 91.4 Å². The van der Waals surface area contributed by atoms with Gasteiger partial charge in [0.05, 0.1) is 6.61 Å². The second-order valence-electron chi connectivity index (χ2n) is 8.71. The number of ether oxygens (including phenoxy) is 1. The first-order valence-corrected chi connectivity index (χ1v) is 10.9. The number of amides is 1. The molecule has 0 radical (unpaired) electrons. The minimum absolute atomic E-state index is 0.0402. The highest BCUT2D eigenvalue weighted by Gasteiger charge is 2.35. The van der Waals surface area contributed by atoms with Crippen molar-refractivity contribution in [2.24, 2.45) is 0 Å². The predicted molar refractivity (Wildman–Crippen MR) is 114 cm³/mol. The average Bonchev–Trinajstić information content (AvgIpc) is 3.59. The van der Waals surface area contributed by atoms with Gasteiger partial charge in [-0.25, -0.2) is 14.8 Å². The number of alkyl halides is 3. The number of hydrogen-bond acceptors (Lipinski definition) is 6. The second kappa shape index (κ2) is 9.03. The molecule has 2 fully saturated rings. The van der Waals surface area contributed by atoms with Crippen molar-refractivity contribution in [3.05, 3.63) is 51.7 Å². The molecule has 2 aromatic heterocycles. The number of halogens is 3. The van der Waals surface area contributed by atoms with Gasteiger partial charge >= 0.3 is 12.3 Å². The van der Waals surface area contributed by atoms with Crippen LogP contribution in [0.2, 0.25) is 0 Å². The third-order valence-electron chi connectivity index (χ3n) is 6.00. The van der Waals surface area contributed by atoms with Crippen molar-refractivity contribution in [3.8, 4) is 0 Å². The standard InChI is InChI=1S/C22H26F3N5O3/c1-13-11-29(12-14(2)30(13)20-27-9-17(10-28-20)16-3-4-16)21(32)33-6-5-15-7-18(22(23,24)25)19(31)26-8-15/h7-10,13-14,16H,3-6,11-12H2,1-2H3,(H,26,31)/t13-,14+. The molecule has 0 aromatic carbocycles. The van der Waals surface area contributed by atoms with Gasteiger partial charge in [-0.05, 0) is 49.8 Å². The number of nitrogens with one attached hydrogen (secondary N) is 1. The van der Waals surface area contributed by atoms with Crippen LogP contribution in [0.15, 0.2) is 29.5 Å². The number of aromatic nitrogens is 3. The fraction of sp³-hybridized carbons (Fsp3) is 0.545. The summed E-state index contributed by atoms with van der Waals surface area (Å²) in [6, 6.07) is 0.701. The number of hydrogen-bond donors (Lipinski definition) is 1. The lowest BCUT2D eigenvalue weighted by molar-refractivity contribution is -0.138. The number of carbonyl (C=O) groups is 1. The summed E-state index contributed by atoms with van der Waals surface area (Å²) in [6.45, 7) is 4.68. The Labute approximate surface area is 188 Å². The number of carbonyl (C=O) groups excluding carboxylic acids is 1. The van der Waals surface area contributed by atoms with Crippen LogP contribution in [0.5, 0.6) is 0 Å². The van der Waals surface area contributed by atoms with Gasteiger partial charge in [-0.1, -0.05) is 0 Å². The van der Waals surface area contributed by atoms with E-state index in [0.717, 1.165) is 11.6 Å². The van der Waals surface area contributed by atoms with E-state index in [1.807, 2.05) is 26.2 Å². The van der Waals surface area contributed by atoms with Crippen molar-refractivity contribution < 1.29 is 22.7 Å². The summed E-state index contributed by atoms with van der Waals surface area (Å²) in [7, 11) is 0. The maximum Gasteiger partial charge on any atom is 0.421 e. The van der Waals surface area contributed by atoms with Crippen LogP contribution in [0.25, 0.3) is 0 Å². The number of nitrogens with zero attached hydrogens (tertiary/aromatic N) is 4. The van der Waals surface area contributed by atoms with Crippen LogP contribution >= 0.6 is 0 Å². The van der Waals surface area contributed by atoms with Gasteiger partial charge in [0.15, 0.2) is 0 Å². The van der Waals surface area contributed by atoms with Crippen LogP contribution in [-0.4, -0.2) is 57.7 Å². The molecule has 0 unspecified atom stereocenters. The summed E-state index contributed by atoms with van der Waals surface area (Å²) in [5, 5.41) is 0. The highest BCUT2D eigenvalue weighted by atomic mass is 19.4. The first kappa shape index (κ1) is 23.1. The lowest BCUT2D eigenvalue weighted by Gasteiger charge is -2.43. The average molecular weight is 465 g/mol. The Kier molecular flexibility index (Phi) is 6.31. The zero-order chi connectivity index (χ0) is 23.8. The molecule has 33 heavy (non-hydrogen) atoms. The Hall–Kier alpha value is -3.11. The van der Waals surface area contributed by atoms with Gasteiger partial charge in [-0.3, -0.25) is 4.79 Å². The van der Waals surface area contributed by atoms with E-state index in [0.29, 0.717) is 25.0 Å². The van der Waals surface area contributed by atoms with Crippen LogP contribution in [0.1, 0.15) is 49.3 Å². The molecule has 11 heteroatoms. The minimum Gasteiger partial charge on any atom is -0.449 e. The SMILES string of the molecule is C[C@@H]1CN(C(=O)OCCc2c[nH]c(=O)c(C(F)(F)F)c2)C[C@H](C)N1c1ncc(C2CC2)cn1. The number of piperazine rings is 1. The second-order valence-corrected chi connectivity index (χ2v) is 8.71. The molecule has 4 rings (SSSR count). The van der Waals surface area contributed by atoms with Crippen molar-refractivity contribution in [2.45, 2.75) is 57.3 Å². The first-order valence-electron chi connectivity index (χ1n) is 10.9. The highest BCUT2D eigenvalue weighted by Crippen LogP contribution is 2.39. The lowest BCUT2D eigenvalue weighted by Crippen LogP contribution is -2.58. The number of rotatable bonds is 5. The fourth-order valence-electron chi connectivity index (χ4n) is 4.19. The van der Waals surface area contributed by atoms with E-state index in [1.165, 1.54) is 19.0 Å². The molecule has 3 heterocycles. The van der Waals surface area contributed by atoms with Crippen molar-refractivity contribution in [1.82, 2.24) is 19.9 Å². The van der Waals surface area contributed by atoms with Gasteiger partial charge in [-0.15, -0.1) is 0 Å². The first-order chi connectivity index (χ1) is 15.6. The Morgan fingerprint density at radius 3 is 2.39 bits per heavy atom. The predicted octanol–water partition coefficient (Wildman–Crippen LogP) is 3.34. The summed E-state index contributed by atoms with van der Waals surface area (Å²) in [6.07, 6.45) is 2.10. The summed E-state index contributed by atoms with van der Waals surface area (Å²) >= 11 is 0. The van der Waals surface area contributed by atoms with E-state index in [9.17, 15) is 22.8 Å². The molecule has 0 spiro atoms. The Bertz CT molecular complexity index is 1040. The Morgan fingerprint density at radius 1 is 1.18 bits per heavy atom. The molecule has 2 aromatic rings.